The van der Waals surface area contributed by atoms with Crippen molar-refractivity contribution < 1.29 is 13.2 Å². The first kappa shape index (κ1) is 24.4. The number of carbonyl (C=O) groups excluding carboxylic acids is 1. The van der Waals surface area contributed by atoms with E-state index in [-0.39, 0.29) is 10.8 Å². The largest absolute Gasteiger partial charge is 0.316 e. The van der Waals surface area contributed by atoms with E-state index in [1.807, 2.05) is 0 Å². The number of aryl methyl sites for hydroxylation is 1. The van der Waals surface area contributed by atoms with Gasteiger partial charge in [-0.25, -0.2) is 8.42 Å². The molecule has 3 rings (SSSR count). The summed E-state index contributed by atoms with van der Waals surface area (Å²) in [4.78, 5) is 18.1. The second-order valence-corrected chi connectivity index (χ2v) is 10.9. The Morgan fingerprint density at radius 2 is 1.72 bits per heavy atom. The number of benzene rings is 2. The third kappa shape index (κ3) is 4.87. The first-order chi connectivity index (χ1) is 15.2. The molecule has 1 aromatic heterocycles. The fraction of sp³-hybridized carbons (Fsp3) is 0.417. The quantitative estimate of drug-likeness (QED) is 0.462. The van der Waals surface area contributed by atoms with Crippen LogP contribution >= 0.6 is 11.3 Å². The zero-order chi connectivity index (χ0) is 23.5. The molecule has 0 aliphatic rings. The first-order valence-electron chi connectivity index (χ1n) is 11.0. The van der Waals surface area contributed by atoms with Crippen molar-refractivity contribution in [1.82, 2.24) is 8.87 Å². The number of nitrogens with zero attached hydrogens (tertiary/aromatic N) is 3. The molecule has 0 aliphatic carbocycles. The molecule has 0 saturated carbocycles. The minimum Gasteiger partial charge on any atom is -0.316 e. The summed E-state index contributed by atoms with van der Waals surface area (Å²) in [5.74, 6) is 0.0477. The molecule has 3 aromatic rings. The third-order valence-corrected chi connectivity index (χ3v) is 8.57. The molecule has 1 heterocycles. The van der Waals surface area contributed by atoms with Crippen LogP contribution in [0.5, 0.6) is 0 Å². The fourth-order valence-corrected chi connectivity index (χ4v) is 6.17. The Hall–Kier alpha value is -2.29. The van der Waals surface area contributed by atoms with Crippen LogP contribution in [-0.4, -0.2) is 36.3 Å². The molecule has 0 radical (unpaired) electrons. The van der Waals surface area contributed by atoms with Gasteiger partial charge in [-0.2, -0.15) is 9.30 Å². The highest BCUT2D eigenvalue weighted by atomic mass is 32.2. The van der Waals surface area contributed by atoms with Gasteiger partial charge in [-0.05, 0) is 54.3 Å². The Morgan fingerprint density at radius 1 is 1.06 bits per heavy atom. The summed E-state index contributed by atoms with van der Waals surface area (Å²) in [5.41, 5.74) is 2.70. The molecule has 0 unspecified atom stereocenters. The zero-order valence-corrected chi connectivity index (χ0v) is 21.0. The lowest BCUT2D eigenvalue weighted by Crippen LogP contribution is -2.30. The Bertz CT molecular complexity index is 1270. The number of sulfonamides is 1. The normalized spacial score (nSPS) is 12.9. The van der Waals surface area contributed by atoms with Gasteiger partial charge in [0.15, 0.2) is 4.80 Å². The molecule has 0 spiro atoms. The predicted molar refractivity (Wildman–Crippen MR) is 131 cm³/mol. The van der Waals surface area contributed by atoms with Gasteiger partial charge >= 0.3 is 0 Å². The lowest BCUT2D eigenvalue weighted by molar-refractivity contribution is 0.0997. The van der Waals surface area contributed by atoms with Crippen molar-refractivity contribution >= 4 is 37.5 Å². The fourth-order valence-electron chi connectivity index (χ4n) is 3.61. The maximum atomic E-state index is 12.9. The number of rotatable bonds is 8. The van der Waals surface area contributed by atoms with Crippen LogP contribution in [0.25, 0.3) is 10.2 Å². The van der Waals surface area contributed by atoms with Crippen LogP contribution in [0.3, 0.4) is 0 Å². The maximum Gasteiger partial charge on any atom is 0.279 e. The number of hydrogen-bond acceptors (Lipinski definition) is 4. The zero-order valence-electron chi connectivity index (χ0n) is 19.3. The van der Waals surface area contributed by atoms with E-state index in [1.54, 1.807) is 13.8 Å². The Balaban J connectivity index is 1.99. The van der Waals surface area contributed by atoms with Gasteiger partial charge in [-0.3, -0.25) is 4.79 Å². The van der Waals surface area contributed by atoms with Crippen LogP contribution < -0.4 is 4.80 Å². The van der Waals surface area contributed by atoms with Gasteiger partial charge < -0.3 is 4.57 Å². The van der Waals surface area contributed by atoms with Gasteiger partial charge in [-0.1, -0.05) is 52.0 Å². The number of carbonyl (C=O) groups is 1. The minimum atomic E-state index is -3.56. The highest BCUT2D eigenvalue weighted by Crippen LogP contribution is 2.24. The maximum absolute atomic E-state index is 12.9. The monoisotopic (exact) mass is 473 g/mol. The van der Waals surface area contributed by atoms with Crippen molar-refractivity contribution in [2.75, 3.05) is 13.1 Å². The average Bonchev–Trinajstić information content (AvgIpc) is 3.11. The second-order valence-electron chi connectivity index (χ2n) is 7.95. The van der Waals surface area contributed by atoms with Crippen molar-refractivity contribution in [3.63, 3.8) is 0 Å². The smallest absolute Gasteiger partial charge is 0.279 e. The van der Waals surface area contributed by atoms with Gasteiger partial charge in [0.25, 0.3) is 5.91 Å². The number of aromatic nitrogens is 1. The predicted octanol–water partition coefficient (Wildman–Crippen LogP) is 5.01. The standard InChI is InChI=1S/C24H31N3O3S2/c1-6-15-27-21-14-11-19(17(4)5)16-22(21)31-24(27)25-23(28)18-9-12-20(13-10-18)32(29,30)26(7-2)8-3/h9-14,16-17H,6-8,15H2,1-5H3. The van der Waals surface area contributed by atoms with Crippen molar-refractivity contribution in [3.05, 3.63) is 58.4 Å². The minimum absolute atomic E-state index is 0.182. The van der Waals surface area contributed by atoms with Gasteiger partial charge in [0.2, 0.25) is 10.0 Å². The van der Waals surface area contributed by atoms with Crippen LogP contribution in [0.1, 0.15) is 62.9 Å². The summed E-state index contributed by atoms with van der Waals surface area (Å²) >= 11 is 1.51. The Kier molecular flexibility index (Phi) is 7.69. The average molecular weight is 474 g/mol. The molecule has 0 saturated heterocycles. The van der Waals surface area contributed by atoms with Crippen LogP contribution in [0.15, 0.2) is 52.4 Å². The number of amides is 1. The number of hydrogen-bond donors (Lipinski definition) is 0. The van der Waals surface area contributed by atoms with E-state index in [0.717, 1.165) is 23.2 Å². The molecule has 0 aliphatic heterocycles. The highest BCUT2D eigenvalue weighted by Gasteiger charge is 2.21. The first-order valence-corrected chi connectivity index (χ1v) is 13.3. The molecule has 0 bridgehead atoms. The summed E-state index contributed by atoms with van der Waals surface area (Å²) in [6.45, 7) is 11.6. The van der Waals surface area contributed by atoms with E-state index >= 15 is 0 Å². The van der Waals surface area contributed by atoms with Crippen molar-refractivity contribution in [2.45, 2.75) is 58.4 Å². The van der Waals surface area contributed by atoms with Crippen molar-refractivity contribution in [2.24, 2.45) is 4.99 Å². The number of fused-ring (bicyclic) bond motifs is 1. The third-order valence-electron chi connectivity index (χ3n) is 5.46. The summed E-state index contributed by atoms with van der Waals surface area (Å²) in [6, 6.07) is 12.5. The molecular weight excluding hydrogens is 442 g/mol. The Morgan fingerprint density at radius 3 is 2.28 bits per heavy atom. The van der Waals surface area contributed by atoms with Crippen LogP contribution in [0.4, 0.5) is 0 Å². The molecular formula is C24H31N3O3S2. The van der Waals surface area contributed by atoms with Gasteiger partial charge in [0, 0.05) is 25.2 Å². The summed E-state index contributed by atoms with van der Waals surface area (Å²) in [7, 11) is -3.56. The van der Waals surface area contributed by atoms with E-state index in [0.29, 0.717) is 29.4 Å². The van der Waals surface area contributed by atoms with Crippen LogP contribution in [0, 0.1) is 0 Å². The summed E-state index contributed by atoms with van der Waals surface area (Å²) in [5, 5.41) is 0. The van der Waals surface area contributed by atoms with E-state index in [1.165, 1.54) is 45.5 Å². The highest BCUT2D eigenvalue weighted by molar-refractivity contribution is 7.89. The van der Waals surface area contributed by atoms with E-state index < -0.39 is 10.0 Å². The van der Waals surface area contributed by atoms with E-state index in [4.69, 9.17) is 0 Å². The van der Waals surface area contributed by atoms with Gasteiger partial charge in [0.1, 0.15) is 0 Å². The Labute approximate surface area is 194 Å². The molecule has 8 heteroatoms. The van der Waals surface area contributed by atoms with Crippen molar-refractivity contribution in [3.8, 4) is 0 Å². The van der Waals surface area contributed by atoms with Gasteiger partial charge in [0.05, 0.1) is 15.1 Å². The lowest BCUT2D eigenvalue weighted by atomic mass is 10.0. The van der Waals surface area contributed by atoms with Crippen LogP contribution in [-0.2, 0) is 16.6 Å². The SMILES string of the molecule is CCCn1c(=NC(=O)c2ccc(S(=O)(=O)N(CC)CC)cc2)sc2cc(C(C)C)ccc21. The number of thiazole rings is 1. The molecule has 2 aromatic carbocycles. The summed E-state index contributed by atoms with van der Waals surface area (Å²) in [6.07, 6.45) is 0.928. The second kappa shape index (κ2) is 10.1. The lowest BCUT2D eigenvalue weighted by Gasteiger charge is -2.18. The van der Waals surface area contributed by atoms with Crippen LogP contribution in [0.2, 0.25) is 0 Å². The topological polar surface area (TPSA) is 71.7 Å². The molecule has 0 N–H and O–H groups in total. The molecule has 32 heavy (non-hydrogen) atoms. The summed E-state index contributed by atoms with van der Waals surface area (Å²) < 4.78 is 29.9. The van der Waals surface area contributed by atoms with E-state index in [9.17, 15) is 13.2 Å². The molecule has 0 fully saturated rings. The molecule has 1 amide bonds. The molecule has 0 atom stereocenters. The van der Waals surface area contributed by atoms with Crippen molar-refractivity contribution in [1.29, 1.82) is 0 Å². The molecule has 172 valence electrons. The van der Waals surface area contributed by atoms with E-state index in [2.05, 4.69) is 48.5 Å². The molecule has 6 nitrogen and oxygen atoms in total. The van der Waals surface area contributed by atoms with Gasteiger partial charge in [-0.15, -0.1) is 0 Å².